The third-order valence-corrected chi connectivity index (χ3v) is 5.68. The lowest BCUT2D eigenvalue weighted by Crippen LogP contribution is -2.45. The lowest BCUT2D eigenvalue weighted by atomic mass is 9.80. The van der Waals surface area contributed by atoms with E-state index in [1.165, 1.54) is 0 Å². The molecule has 1 N–H and O–H groups in total. The van der Waals surface area contributed by atoms with Crippen LogP contribution in [0.3, 0.4) is 0 Å². The van der Waals surface area contributed by atoms with Crippen LogP contribution >= 0.6 is 0 Å². The average Bonchev–Trinajstić information content (AvgIpc) is 3.23. The van der Waals surface area contributed by atoms with Gasteiger partial charge in [0.1, 0.15) is 25.5 Å². The normalized spacial score (nSPS) is 20.7. The molecule has 1 aliphatic rings. The van der Waals surface area contributed by atoms with Gasteiger partial charge in [0.2, 0.25) is 5.92 Å². The van der Waals surface area contributed by atoms with Crippen LogP contribution in [0, 0.1) is 12.8 Å². The summed E-state index contributed by atoms with van der Waals surface area (Å²) < 4.78 is 37.0. The quantitative estimate of drug-likeness (QED) is 0.581. The summed E-state index contributed by atoms with van der Waals surface area (Å²) in [6.45, 7) is 5.32. The van der Waals surface area contributed by atoms with Crippen molar-refractivity contribution in [2.45, 2.75) is 57.7 Å². The van der Waals surface area contributed by atoms with E-state index in [1.54, 1.807) is 30.3 Å². The zero-order chi connectivity index (χ0) is 20.4. The molecule has 3 rings (SSSR count). The molecule has 28 heavy (non-hydrogen) atoms. The maximum absolute atomic E-state index is 13.8. The molecule has 2 atom stereocenters. The Bertz CT molecular complexity index is 822. The van der Waals surface area contributed by atoms with Gasteiger partial charge in [0.05, 0.1) is 6.54 Å². The van der Waals surface area contributed by atoms with Crippen LogP contribution in [0.2, 0.25) is 0 Å². The van der Waals surface area contributed by atoms with Crippen LogP contribution in [-0.4, -0.2) is 28.2 Å². The number of ether oxygens (including phenoxy) is 1. The standard InChI is InChI=1S/C21H27F2N2O3/c1-3-24-11-12-25(16(24)2)13-14-28-19(26)21(27,17-7-5-4-6-8-17)18-9-10-20(22,23)15-18/h4-8,11-12,18,27H,3,9-10,13-15H2,1-2H3/q+1. The van der Waals surface area contributed by atoms with E-state index in [2.05, 4.69) is 4.57 Å². The van der Waals surface area contributed by atoms with Crippen molar-refractivity contribution in [3.8, 4) is 0 Å². The largest absolute Gasteiger partial charge is 0.459 e. The lowest BCUT2D eigenvalue weighted by Gasteiger charge is -2.32. The Balaban J connectivity index is 1.75. The van der Waals surface area contributed by atoms with Gasteiger partial charge in [-0.15, -0.1) is 0 Å². The predicted molar refractivity (Wildman–Crippen MR) is 98.6 cm³/mol. The molecule has 0 amide bonds. The van der Waals surface area contributed by atoms with Crippen LogP contribution in [-0.2, 0) is 28.2 Å². The van der Waals surface area contributed by atoms with E-state index < -0.39 is 29.8 Å². The molecule has 2 aromatic rings. The molecule has 1 heterocycles. The second-order valence-corrected chi connectivity index (χ2v) is 7.39. The summed E-state index contributed by atoms with van der Waals surface area (Å²) in [7, 11) is 0. The first-order valence-corrected chi connectivity index (χ1v) is 9.66. The highest BCUT2D eigenvalue weighted by Gasteiger charge is 2.54. The fraction of sp³-hybridized carbons (Fsp3) is 0.524. The van der Waals surface area contributed by atoms with Crippen molar-refractivity contribution in [3.05, 3.63) is 54.1 Å². The van der Waals surface area contributed by atoms with Crippen LogP contribution in [0.15, 0.2) is 42.7 Å². The van der Waals surface area contributed by atoms with Gasteiger partial charge in [-0.25, -0.2) is 22.7 Å². The highest BCUT2D eigenvalue weighted by molar-refractivity contribution is 5.81. The number of aliphatic hydroxyl groups is 1. The van der Waals surface area contributed by atoms with Gasteiger partial charge in [0, 0.05) is 25.7 Å². The Morgan fingerprint density at radius 2 is 2.11 bits per heavy atom. The number of carbonyl (C=O) groups excluding carboxylic acids is 1. The van der Waals surface area contributed by atoms with E-state index in [0.717, 1.165) is 12.4 Å². The third kappa shape index (κ3) is 3.94. The number of rotatable bonds is 7. The van der Waals surface area contributed by atoms with Crippen molar-refractivity contribution in [2.24, 2.45) is 5.92 Å². The first-order valence-electron chi connectivity index (χ1n) is 9.66. The number of aromatic nitrogens is 2. The predicted octanol–water partition coefficient (Wildman–Crippen LogP) is 2.97. The van der Waals surface area contributed by atoms with Crippen molar-refractivity contribution in [3.63, 3.8) is 0 Å². The molecule has 1 aromatic heterocycles. The molecule has 0 spiro atoms. The third-order valence-electron chi connectivity index (χ3n) is 5.68. The minimum absolute atomic E-state index is 0.0519. The fourth-order valence-electron chi connectivity index (χ4n) is 3.98. The maximum Gasteiger partial charge on any atom is 0.343 e. The number of esters is 1. The van der Waals surface area contributed by atoms with Crippen molar-refractivity contribution >= 4 is 5.97 Å². The SMILES string of the molecule is CCn1cc[n+](CCOC(=O)C(O)(c2ccccc2)C2CCC(F)(F)C2)c1C. The molecule has 2 unspecified atom stereocenters. The lowest BCUT2D eigenvalue weighted by molar-refractivity contribution is -0.703. The Morgan fingerprint density at radius 3 is 2.68 bits per heavy atom. The molecule has 0 bridgehead atoms. The molecular weight excluding hydrogens is 366 g/mol. The van der Waals surface area contributed by atoms with Gasteiger partial charge in [-0.05, 0) is 18.9 Å². The van der Waals surface area contributed by atoms with Gasteiger partial charge in [-0.1, -0.05) is 30.3 Å². The summed E-state index contributed by atoms with van der Waals surface area (Å²) in [4.78, 5) is 12.9. The van der Waals surface area contributed by atoms with Crippen molar-refractivity contribution in [1.82, 2.24) is 4.57 Å². The van der Waals surface area contributed by atoms with E-state index in [-0.39, 0.29) is 19.4 Å². The van der Waals surface area contributed by atoms with E-state index in [9.17, 15) is 18.7 Å². The Kier molecular flexibility index (Phi) is 5.84. The minimum atomic E-state index is -2.87. The van der Waals surface area contributed by atoms with Crippen molar-refractivity contribution in [2.75, 3.05) is 6.61 Å². The summed E-state index contributed by atoms with van der Waals surface area (Å²) in [6, 6.07) is 8.26. The van der Waals surface area contributed by atoms with E-state index in [4.69, 9.17) is 4.74 Å². The molecule has 1 aliphatic carbocycles. The molecule has 1 fully saturated rings. The number of imidazole rings is 1. The van der Waals surface area contributed by atoms with Crippen LogP contribution in [0.4, 0.5) is 8.78 Å². The molecule has 0 saturated heterocycles. The van der Waals surface area contributed by atoms with E-state index in [0.29, 0.717) is 12.1 Å². The Morgan fingerprint density at radius 1 is 1.39 bits per heavy atom. The maximum atomic E-state index is 13.8. The van der Waals surface area contributed by atoms with Gasteiger partial charge in [0.25, 0.3) is 5.82 Å². The molecule has 152 valence electrons. The smallest absolute Gasteiger partial charge is 0.343 e. The van der Waals surface area contributed by atoms with Gasteiger partial charge < -0.3 is 9.84 Å². The number of aryl methyl sites for hydroxylation is 1. The minimum Gasteiger partial charge on any atom is -0.459 e. The number of hydrogen-bond donors (Lipinski definition) is 1. The van der Waals surface area contributed by atoms with Crippen LogP contribution in [0.25, 0.3) is 0 Å². The van der Waals surface area contributed by atoms with Crippen molar-refractivity contribution in [1.29, 1.82) is 0 Å². The van der Waals surface area contributed by atoms with E-state index in [1.807, 2.05) is 30.8 Å². The summed E-state index contributed by atoms with van der Waals surface area (Å²) in [5, 5.41) is 11.3. The van der Waals surface area contributed by atoms with Gasteiger partial charge >= 0.3 is 5.97 Å². The molecule has 0 aliphatic heterocycles. The Hall–Kier alpha value is -2.28. The van der Waals surface area contributed by atoms with Gasteiger partial charge in [-0.2, -0.15) is 0 Å². The number of benzene rings is 1. The van der Waals surface area contributed by atoms with Crippen LogP contribution < -0.4 is 4.57 Å². The van der Waals surface area contributed by atoms with Gasteiger partial charge in [0.15, 0.2) is 5.60 Å². The average molecular weight is 393 g/mol. The molecule has 1 aromatic carbocycles. The van der Waals surface area contributed by atoms with Crippen LogP contribution in [0.1, 0.15) is 37.6 Å². The summed E-state index contributed by atoms with van der Waals surface area (Å²) in [6.07, 6.45) is 3.05. The number of carbonyl (C=O) groups is 1. The van der Waals surface area contributed by atoms with Crippen LogP contribution in [0.5, 0.6) is 0 Å². The number of halogens is 2. The summed E-state index contributed by atoms with van der Waals surface area (Å²) >= 11 is 0. The topological polar surface area (TPSA) is 55.3 Å². The molecular formula is C21H27F2N2O3+. The highest BCUT2D eigenvalue weighted by Crippen LogP contribution is 2.47. The number of alkyl halides is 2. The molecule has 5 nitrogen and oxygen atoms in total. The molecule has 0 radical (unpaired) electrons. The first kappa shape index (κ1) is 20.5. The molecule has 7 heteroatoms. The zero-order valence-corrected chi connectivity index (χ0v) is 16.3. The van der Waals surface area contributed by atoms with E-state index >= 15 is 0 Å². The number of hydrogen-bond acceptors (Lipinski definition) is 3. The number of nitrogens with zero attached hydrogens (tertiary/aromatic N) is 2. The van der Waals surface area contributed by atoms with Gasteiger partial charge in [-0.3, -0.25) is 0 Å². The first-order chi connectivity index (χ1) is 13.3. The van der Waals surface area contributed by atoms with Crippen molar-refractivity contribution < 1.29 is 28.0 Å². The summed E-state index contributed by atoms with van der Waals surface area (Å²) in [5.41, 5.74) is -1.78. The monoisotopic (exact) mass is 393 g/mol. The Labute approximate surface area is 163 Å². The second-order valence-electron chi connectivity index (χ2n) is 7.39. The zero-order valence-electron chi connectivity index (χ0n) is 16.3. The summed E-state index contributed by atoms with van der Waals surface area (Å²) in [5.74, 6) is -3.60. The molecule has 1 saturated carbocycles. The fourth-order valence-corrected chi connectivity index (χ4v) is 3.98. The second kappa shape index (κ2) is 7.99. The highest BCUT2D eigenvalue weighted by atomic mass is 19.3.